The Labute approximate surface area is 86.0 Å². The fourth-order valence-electron chi connectivity index (χ4n) is 2.32. The van der Waals surface area contributed by atoms with Crippen molar-refractivity contribution in [3.05, 3.63) is 12.2 Å². The van der Waals surface area contributed by atoms with E-state index in [4.69, 9.17) is 5.11 Å². The molecule has 0 spiro atoms. The van der Waals surface area contributed by atoms with Gasteiger partial charge in [-0.15, -0.1) is 0 Å². The Morgan fingerprint density at radius 2 is 2.00 bits per heavy atom. The average molecular weight is 196 g/mol. The van der Waals surface area contributed by atoms with Crippen LogP contribution in [0.15, 0.2) is 12.2 Å². The summed E-state index contributed by atoms with van der Waals surface area (Å²) < 4.78 is 0. The molecule has 1 saturated carbocycles. The molecule has 0 aromatic carbocycles. The number of rotatable bonds is 2. The Kier molecular flexibility index (Phi) is 2.75. The molecule has 1 fully saturated rings. The first-order chi connectivity index (χ1) is 6.29. The third-order valence-electron chi connectivity index (χ3n) is 4.39. The molecule has 2 nitrogen and oxygen atoms in total. The molecule has 0 aliphatic heterocycles. The maximum Gasteiger partial charge on any atom is 0.327 e. The summed E-state index contributed by atoms with van der Waals surface area (Å²) in [6, 6.07) is 0. The van der Waals surface area contributed by atoms with Gasteiger partial charge in [-0.2, -0.15) is 0 Å². The zero-order chi connectivity index (χ0) is 11.0. The van der Waals surface area contributed by atoms with Crippen molar-refractivity contribution in [3.63, 3.8) is 0 Å². The van der Waals surface area contributed by atoms with Crippen LogP contribution in [0, 0.1) is 16.7 Å². The highest BCUT2D eigenvalue weighted by molar-refractivity contribution is 5.79. The van der Waals surface area contributed by atoms with Crippen molar-refractivity contribution in [2.24, 2.45) is 16.7 Å². The number of carboxylic acids is 1. The second-order valence-corrected chi connectivity index (χ2v) is 5.25. The molecule has 0 amide bonds. The summed E-state index contributed by atoms with van der Waals surface area (Å²) in [6.45, 7) is 8.88. The molecular formula is C12H20O2. The van der Waals surface area contributed by atoms with Gasteiger partial charge in [-0.25, -0.2) is 4.79 Å². The standard InChI is InChI=1S/C12H20O2/c1-9-5-7-12(4,11(9,2)3)8-6-10(13)14/h6,8-9H,5,7H2,1-4H3,(H,13,14)/b8-6-/t9-,12-/m0/s1. The van der Waals surface area contributed by atoms with Gasteiger partial charge < -0.3 is 5.11 Å². The molecule has 14 heavy (non-hydrogen) atoms. The molecule has 0 heterocycles. The summed E-state index contributed by atoms with van der Waals surface area (Å²) in [4.78, 5) is 10.5. The third-order valence-corrected chi connectivity index (χ3v) is 4.39. The van der Waals surface area contributed by atoms with Gasteiger partial charge >= 0.3 is 5.97 Å². The molecule has 1 aliphatic rings. The minimum Gasteiger partial charge on any atom is -0.478 e. The summed E-state index contributed by atoms with van der Waals surface area (Å²) in [7, 11) is 0. The van der Waals surface area contributed by atoms with Crippen molar-refractivity contribution in [3.8, 4) is 0 Å². The normalized spacial score (nSPS) is 36.4. The number of carboxylic acid groups (broad SMARTS) is 1. The zero-order valence-corrected chi connectivity index (χ0v) is 9.50. The molecular weight excluding hydrogens is 176 g/mol. The summed E-state index contributed by atoms with van der Waals surface area (Å²) in [6.07, 6.45) is 5.44. The number of hydrogen-bond donors (Lipinski definition) is 1. The smallest absolute Gasteiger partial charge is 0.327 e. The molecule has 0 bridgehead atoms. The lowest BCUT2D eigenvalue weighted by molar-refractivity contribution is -0.131. The molecule has 2 heteroatoms. The average Bonchev–Trinajstić information content (AvgIpc) is 2.27. The predicted octanol–water partition coefficient (Wildman–Crippen LogP) is 3.09. The van der Waals surface area contributed by atoms with Crippen molar-refractivity contribution in [1.29, 1.82) is 0 Å². The molecule has 0 unspecified atom stereocenters. The Bertz CT molecular complexity index is 265. The molecule has 0 aromatic rings. The molecule has 0 saturated heterocycles. The van der Waals surface area contributed by atoms with Crippen LogP contribution in [0.3, 0.4) is 0 Å². The minimum absolute atomic E-state index is 0.0325. The van der Waals surface area contributed by atoms with Crippen molar-refractivity contribution in [2.45, 2.75) is 40.5 Å². The monoisotopic (exact) mass is 196 g/mol. The van der Waals surface area contributed by atoms with Crippen LogP contribution < -0.4 is 0 Å². The highest BCUT2D eigenvalue weighted by Crippen LogP contribution is 2.56. The van der Waals surface area contributed by atoms with Gasteiger partial charge in [0.05, 0.1) is 0 Å². The fourth-order valence-corrected chi connectivity index (χ4v) is 2.32. The van der Waals surface area contributed by atoms with E-state index in [-0.39, 0.29) is 10.8 Å². The van der Waals surface area contributed by atoms with Crippen molar-refractivity contribution in [1.82, 2.24) is 0 Å². The molecule has 2 atom stereocenters. The first-order valence-corrected chi connectivity index (χ1v) is 5.22. The zero-order valence-electron chi connectivity index (χ0n) is 9.50. The van der Waals surface area contributed by atoms with Crippen LogP contribution in [0.4, 0.5) is 0 Å². The molecule has 80 valence electrons. The van der Waals surface area contributed by atoms with Crippen LogP contribution in [0.5, 0.6) is 0 Å². The Hall–Kier alpha value is -0.790. The van der Waals surface area contributed by atoms with Gasteiger partial charge in [0, 0.05) is 6.08 Å². The lowest BCUT2D eigenvalue weighted by atomic mass is 9.66. The van der Waals surface area contributed by atoms with Crippen molar-refractivity contribution >= 4 is 5.97 Å². The Morgan fingerprint density at radius 3 is 2.36 bits per heavy atom. The summed E-state index contributed by atoms with van der Waals surface area (Å²) in [5.74, 6) is -0.187. The fraction of sp³-hybridized carbons (Fsp3) is 0.750. The minimum atomic E-state index is -0.846. The topological polar surface area (TPSA) is 37.3 Å². The van der Waals surface area contributed by atoms with Crippen molar-refractivity contribution in [2.75, 3.05) is 0 Å². The second kappa shape index (κ2) is 3.41. The predicted molar refractivity (Wildman–Crippen MR) is 57.1 cm³/mol. The molecule has 0 aromatic heterocycles. The highest BCUT2D eigenvalue weighted by Gasteiger charge is 2.47. The van der Waals surface area contributed by atoms with Gasteiger partial charge in [-0.05, 0) is 29.6 Å². The second-order valence-electron chi connectivity index (χ2n) is 5.25. The SMILES string of the molecule is C[C@H]1CC[C@@](C)(/C=C\C(=O)O)C1(C)C. The van der Waals surface area contributed by atoms with Gasteiger partial charge in [-0.1, -0.05) is 33.8 Å². The van der Waals surface area contributed by atoms with E-state index in [1.165, 1.54) is 12.5 Å². The van der Waals surface area contributed by atoms with Gasteiger partial charge in [0.2, 0.25) is 0 Å². The van der Waals surface area contributed by atoms with Crippen LogP contribution in [0.25, 0.3) is 0 Å². The number of carbonyl (C=O) groups is 1. The summed E-state index contributed by atoms with van der Waals surface area (Å²) in [5.41, 5.74) is 0.226. The molecule has 1 N–H and O–H groups in total. The van der Waals surface area contributed by atoms with Crippen LogP contribution in [-0.4, -0.2) is 11.1 Å². The highest BCUT2D eigenvalue weighted by atomic mass is 16.4. The molecule has 1 rings (SSSR count). The summed E-state index contributed by atoms with van der Waals surface area (Å²) >= 11 is 0. The first kappa shape index (κ1) is 11.3. The van der Waals surface area contributed by atoms with E-state index < -0.39 is 5.97 Å². The Balaban J connectivity index is 2.90. The van der Waals surface area contributed by atoms with E-state index in [2.05, 4.69) is 27.7 Å². The van der Waals surface area contributed by atoms with Gasteiger partial charge in [0.25, 0.3) is 0 Å². The van der Waals surface area contributed by atoms with E-state index in [0.717, 1.165) is 6.42 Å². The van der Waals surface area contributed by atoms with Crippen molar-refractivity contribution < 1.29 is 9.90 Å². The quantitative estimate of drug-likeness (QED) is 0.689. The Morgan fingerprint density at radius 1 is 1.43 bits per heavy atom. The van der Waals surface area contributed by atoms with Gasteiger partial charge in [0.15, 0.2) is 0 Å². The van der Waals surface area contributed by atoms with Gasteiger partial charge in [0.1, 0.15) is 0 Å². The van der Waals surface area contributed by atoms with Gasteiger partial charge in [-0.3, -0.25) is 0 Å². The number of aliphatic carboxylic acids is 1. The van der Waals surface area contributed by atoms with Crippen LogP contribution >= 0.6 is 0 Å². The molecule has 0 radical (unpaired) electrons. The number of hydrogen-bond acceptors (Lipinski definition) is 1. The maximum absolute atomic E-state index is 10.5. The van der Waals surface area contributed by atoms with Crippen LogP contribution in [-0.2, 0) is 4.79 Å². The van der Waals surface area contributed by atoms with E-state index in [1.807, 2.05) is 6.08 Å². The summed E-state index contributed by atoms with van der Waals surface area (Å²) in [5, 5.41) is 8.64. The van der Waals surface area contributed by atoms with Crippen LogP contribution in [0.1, 0.15) is 40.5 Å². The lowest BCUT2D eigenvalue weighted by Crippen LogP contribution is -2.31. The van der Waals surface area contributed by atoms with Crippen LogP contribution in [0.2, 0.25) is 0 Å². The maximum atomic E-state index is 10.5. The van der Waals surface area contributed by atoms with E-state index in [0.29, 0.717) is 5.92 Å². The molecule has 1 aliphatic carbocycles. The number of allylic oxidation sites excluding steroid dienone is 1. The first-order valence-electron chi connectivity index (χ1n) is 5.22. The van der Waals surface area contributed by atoms with E-state index in [1.54, 1.807) is 0 Å². The third kappa shape index (κ3) is 1.70. The lowest BCUT2D eigenvalue weighted by Gasteiger charge is -2.38. The largest absolute Gasteiger partial charge is 0.478 e. The van der Waals surface area contributed by atoms with E-state index >= 15 is 0 Å². The van der Waals surface area contributed by atoms with E-state index in [9.17, 15) is 4.79 Å².